The summed E-state index contributed by atoms with van der Waals surface area (Å²) in [4.78, 5) is 48.1. The highest BCUT2D eigenvalue weighted by atomic mass is 16.2. The number of aromatic amines is 1. The molecule has 1 N–H and O–H groups in total. The molecule has 2 fully saturated rings. The molecule has 2 aromatic rings. The lowest BCUT2D eigenvalue weighted by Gasteiger charge is -2.40. The quantitative estimate of drug-likeness (QED) is 0.817. The molecule has 1 aromatic heterocycles. The molecule has 0 bridgehead atoms. The van der Waals surface area contributed by atoms with Crippen LogP contribution in [0.4, 0.5) is 0 Å². The Labute approximate surface area is 176 Å². The van der Waals surface area contributed by atoms with Gasteiger partial charge < -0.3 is 19.7 Å². The van der Waals surface area contributed by atoms with Crippen molar-refractivity contribution in [3.05, 3.63) is 36.0 Å². The monoisotopic (exact) mass is 411 g/mol. The Morgan fingerprint density at radius 3 is 2.10 bits per heavy atom. The Balaban J connectivity index is 1.31. The summed E-state index contributed by atoms with van der Waals surface area (Å²) in [5.41, 5.74) is 1.57. The van der Waals surface area contributed by atoms with Gasteiger partial charge in [-0.2, -0.15) is 0 Å². The SMILES string of the molecule is CC(=O)N1CCN(C(=O)C(C)N2CCN(C(=O)c3cc4ccccc4[nH]3)CC2)CC1. The molecule has 4 rings (SSSR count). The molecule has 160 valence electrons. The molecule has 2 aliphatic heterocycles. The Kier molecular flexibility index (Phi) is 5.76. The number of amides is 3. The van der Waals surface area contributed by atoms with Crippen LogP contribution in [0, 0.1) is 0 Å². The van der Waals surface area contributed by atoms with E-state index in [0.29, 0.717) is 58.1 Å². The zero-order valence-corrected chi connectivity index (χ0v) is 17.6. The fourth-order valence-corrected chi connectivity index (χ4v) is 4.33. The molecule has 2 saturated heterocycles. The van der Waals surface area contributed by atoms with Crippen molar-refractivity contribution >= 4 is 28.6 Å². The summed E-state index contributed by atoms with van der Waals surface area (Å²) < 4.78 is 0. The first-order valence-electron chi connectivity index (χ1n) is 10.6. The molecule has 1 aromatic carbocycles. The lowest BCUT2D eigenvalue weighted by atomic mass is 10.1. The highest BCUT2D eigenvalue weighted by Crippen LogP contribution is 2.18. The second kappa shape index (κ2) is 8.47. The second-order valence-corrected chi connectivity index (χ2v) is 8.11. The number of nitrogens with zero attached hydrogens (tertiary/aromatic N) is 4. The van der Waals surface area contributed by atoms with Crippen molar-refractivity contribution in [2.45, 2.75) is 19.9 Å². The molecular weight excluding hydrogens is 382 g/mol. The summed E-state index contributed by atoms with van der Waals surface area (Å²) in [5.74, 6) is 0.171. The molecule has 1 atom stereocenters. The van der Waals surface area contributed by atoms with Gasteiger partial charge in [0.25, 0.3) is 5.91 Å². The third-order valence-electron chi connectivity index (χ3n) is 6.30. The van der Waals surface area contributed by atoms with Gasteiger partial charge in [-0.25, -0.2) is 0 Å². The van der Waals surface area contributed by atoms with Crippen molar-refractivity contribution in [1.82, 2.24) is 24.6 Å². The van der Waals surface area contributed by atoms with E-state index in [9.17, 15) is 14.4 Å². The van der Waals surface area contributed by atoms with Crippen LogP contribution in [0.25, 0.3) is 10.9 Å². The van der Waals surface area contributed by atoms with Crippen molar-refractivity contribution in [2.24, 2.45) is 0 Å². The minimum Gasteiger partial charge on any atom is -0.351 e. The van der Waals surface area contributed by atoms with Crippen molar-refractivity contribution in [3.63, 3.8) is 0 Å². The molecule has 0 radical (unpaired) electrons. The number of hydrogen-bond donors (Lipinski definition) is 1. The number of benzene rings is 1. The van der Waals surface area contributed by atoms with Crippen molar-refractivity contribution in [1.29, 1.82) is 0 Å². The summed E-state index contributed by atoms with van der Waals surface area (Å²) >= 11 is 0. The summed E-state index contributed by atoms with van der Waals surface area (Å²) in [5, 5.41) is 1.03. The molecule has 2 aliphatic rings. The summed E-state index contributed by atoms with van der Waals surface area (Å²) in [6.07, 6.45) is 0. The molecular formula is C22H29N5O3. The highest BCUT2D eigenvalue weighted by molar-refractivity contribution is 5.98. The third-order valence-corrected chi connectivity index (χ3v) is 6.30. The van der Waals surface area contributed by atoms with Crippen molar-refractivity contribution < 1.29 is 14.4 Å². The molecule has 0 spiro atoms. The Bertz CT molecular complexity index is 906. The van der Waals surface area contributed by atoms with E-state index < -0.39 is 0 Å². The minimum atomic E-state index is -0.223. The van der Waals surface area contributed by atoms with Crippen LogP contribution in [0.3, 0.4) is 0 Å². The van der Waals surface area contributed by atoms with Gasteiger partial charge in [0.2, 0.25) is 11.8 Å². The first-order chi connectivity index (χ1) is 14.4. The standard InChI is InChI=1S/C22H29N5O3/c1-16(21(29)26-13-9-25(10-14-26)17(2)28)24-7-11-27(12-8-24)22(30)20-15-18-5-3-4-6-19(18)23-20/h3-6,15-16,23H,7-14H2,1-2H3. The smallest absolute Gasteiger partial charge is 0.270 e. The topological polar surface area (TPSA) is 80.0 Å². The number of carbonyl (C=O) groups excluding carboxylic acids is 3. The Morgan fingerprint density at radius 1 is 0.867 bits per heavy atom. The number of rotatable bonds is 3. The van der Waals surface area contributed by atoms with Crippen LogP contribution in [0.5, 0.6) is 0 Å². The van der Waals surface area contributed by atoms with Crippen LogP contribution in [-0.4, -0.2) is 101 Å². The molecule has 30 heavy (non-hydrogen) atoms. The van der Waals surface area contributed by atoms with Crippen molar-refractivity contribution in [2.75, 3.05) is 52.4 Å². The first-order valence-corrected chi connectivity index (χ1v) is 10.6. The molecule has 3 amide bonds. The number of carbonyl (C=O) groups is 3. The van der Waals surface area contributed by atoms with Gasteiger partial charge in [-0.15, -0.1) is 0 Å². The van der Waals surface area contributed by atoms with E-state index in [1.54, 1.807) is 11.8 Å². The maximum Gasteiger partial charge on any atom is 0.270 e. The number of hydrogen-bond acceptors (Lipinski definition) is 4. The average Bonchev–Trinajstić information content (AvgIpc) is 3.22. The Hall–Kier alpha value is -2.87. The average molecular weight is 412 g/mol. The zero-order valence-electron chi connectivity index (χ0n) is 17.6. The maximum atomic E-state index is 12.9. The highest BCUT2D eigenvalue weighted by Gasteiger charge is 2.32. The predicted molar refractivity (Wildman–Crippen MR) is 114 cm³/mol. The van der Waals surface area contributed by atoms with Gasteiger partial charge in [0, 0.05) is 70.2 Å². The molecule has 8 heteroatoms. The molecule has 0 aliphatic carbocycles. The fraction of sp³-hybridized carbons (Fsp3) is 0.500. The number of H-pyrrole nitrogens is 1. The molecule has 1 unspecified atom stereocenters. The maximum absolute atomic E-state index is 12.9. The zero-order chi connectivity index (χ0) is 21.3. The van der Waals surface area contributed by atoms with E-state index in [0.717, 1.165) is 10.9 Å². The van der Waals surface area contributed by atoms with E-state index in [1.807, 2.05) is 47.1 Å². The number of aromatic nitrogens is 1. The van der Waals surface area contributed by atoms with E-state index >= 15 is 0 Å². The van der Waals surface area contributed by atoms with Gasteiger partial charge in [0.1, 0.15) is 5.69 Å². The normalized spacial score (nSPS) is 19.2. The van der Waals surface area contributed by atoms with Crippen LogP contribution in [-0.2, 0) is 9.59 Å². The van der Waals surface area contributed by atoms with Gasteiger partial charge >= 0.3 is 0 Å². The van der Waals surface area contributed by atoms with E-state index in [1.165, 1.54) is 0 Å². The van der Waals surface area contributed by atoms with Crippen LogP contribution in [0.2, 0.25) is 0 Å². The van der Waals surface area contributed by atoms with Gasteiger partial charge in [0.15, 0.2) is 0 Å². The second-order valence-electron chi connectivity index (χ2n) is 8.11. The van der Waals surface area contributed by atoms with E-state index in [4.69, 9.17) is 0 Å². The lowest BCUT2D eigenvalue weighted by molar-refractivity contribution is -0.142. The van der Waals surface area contributed by atoms with E-state index in [2.05, 4.69) is 9.88 Å². The molecule has 3 heterocycles. The number of piperazine rings is 2. The molecule has 0 saturated carbocycles. The summed E-state index contributed by atoms with van der Waals surface area (Å²) in [7, 11) is 0. The van der Waals surface area contributed by atoms with Gasteiger partial charge in [0.05, 0.1) is 6.04 Å². The van der Waals surface area contributed by atoms with Crippen LogP contribution in [0.1, 0.15) is 24.3 Å². The number of para-hydroxylation sites is 1. The summed E-state index contributed by atoms with van der Waals surface area (Å²) in [6, 6.07) is 9.54. The third kappa shape index (κ3) is 4.05. The predicted octanol–water partition coefficient (Wildman–Crippen LogP) is 1.00. The minimum absolute atomic E-state index is 0.00480. The van der Waals surface area contributed by atoms with Crippen LogP contribution >= 0.6 is 0 Å². The largest absolute Gasteiger partial charge is 0.351 e. The van der Waals surface area contributed by atoms with Crippen molar-refractivity contribution in [3.8, 4) is 0 Å². The fourth-order valence-electron chi connectivity index (χ4n) is 4.33. The number of nitrogens with one attached hydrogen (secondary N) is 1. The van der Waals surface area contributed by atoms with Gasteiger partial charge in [-0.1, -0.05) is 18.2 Å². The first kappa shape index (κ1) is 20.4. The lowest BCUT2D eigenvalue weighted by Crippen LogP contribution is -2.58. The van der Waals surface area contributed by atoms with E-state index in [-0.39, 0.29) is 23.8 Å². The summed E-state index contributed by atoms with van der Waals surface area (Å²) in [6.45, 7) is 8.42. The van der Waals surface area contributed by atoms with Gasteiger partial charge in [-0.3, -0.25) is 19.3 Å². The van der Waals surface area contributed by atoms with Gasteiger partial charge in [-0.05, 0) is 19.1 Å². The molecule has 8 nitrogen and oxygen atoms in total. The Morgan fingerprint density at radius 2 is 1.47 bits per heavy atom. The van der Waals surface area contributed by atoms with Crippen LogP contribution in [0.15, 0.2) is 30.3 Å². The number of fused-ring (bicyclic) bond motifs is 1. The van der Waals surface area contributed by atoms with Crippen LogP contribution < -0.4 is 0 Å².